The fourth-order valence-electron chi connectivity index (χ4n) is 2.77. The first-order chi connectivity index (χ1) is 8.62. The van der Waals surface area contributed by atoms with Crippen molar-refractivity contribution in [3.8, 4) is 0 Å². The molecule has 2 heterocycles. The third-order valence-electron chi connectivity index (χ3n) is 4.07. The van der Waals surface area contributed by atoms with E-state index in [9.17, 15) is 5.11 Å². The Labute approximate surface area is 116 Å². The van der Waals surface area contributed by atoms with Gasteiger partial charge < -0.3 is 10.0 Å². The molecule has 1 saturated carbocycles. The number of nitrogens with zero attached hydrogens (tertiary/aromatic N) is 3. The van der Waals surface area contributed by atoms with Crippen LogP contribution in [0.5, 0.6) is 0 Å². The number of rotatable bonds is 2. The Morgan fingerprint density at radius 1 is 1.33 bits per heavy atom. The van der Waals surface area contributed by atoms with Gasteiger partial charge in [0.2, 0.25) is 5.28 Å². The molecule has 0 aromatic carbocycles. The Morgan fingerprint density at radius 2 is 2.11 bits per heavy atom. The maximum atomic E-state index is 9.50. The van der Waals surface area contributed by atoms with Crippen LogP contribution in [0.3, 0.4) is 0 Å². The summed E-state index contributed by atoms with van der Waals surface area (Å²) in [4.78, 5) is 10.2. The Morgan fingerprint density at radius 3 is 2.72 bits per heavy atom. The van der Waals surface area contributed by atoms with Gasteiger partial charge >= 0.3 is 0 Å². The second-order valence-corrected chi connectivity index (χ2v) is 6.05. The molecular weight excluding hydrogens is 273 g/mol. The van der Waals surface area contributed by atoms with Gasteiger partial charge in [-0.3, -0.25) is 0 Å². The van der Waals surface area contributed by atoms with Gasteiger partial charge in [-0.05, 0) is 42.7 Å². The number of anilines is 1. The average molecular weight is 288 g/mol. The third kappa shape index (κ3) is 2.29. The van der Waals surface area contributed by atoms with Crippen LogP contribution >= 0.6 is 23.2 Å². The molecular formula is C12H15Cl2N3O. The van der Waals surface area contributed by atoms with Gasteiger partial charge in [-0.1, -0.05) is 11.6 Å². The van der Waals surface area contributed by atoms with Crippen molar-refractivity contribution in [2.75, 3.05) is 18.1 Å². The van der Waals surface area contributed by atoms with Crippen LogP contribution in [0.15, 0.2) is 6.07 Å². The summed E-state index contributed by atoms with van der Waals surface area (Å²) in [5.74, 6) is 0.727. The van der Waals surface area contributed by atoms with Gasteiger partial charge in [0, 0.05) is 12.6 Å². The van der Waals surface area contributed by atoms with E-state index in [-0.39, 0.29) is 17.9 Å². The molecule has 1 aliphatic carbocycles. The smallest absolute Gasteiger partial charge is 0.225 e. The van der Waals surface area contributed by atoms with E-state index in [0.29, 0.717) is 10.6 Å². The molecule has 1 unspecified atom stereocenters. The number of aliphatic hydroxyl groups excluding tert-OH is 1. The average Bonchev–Trinajstić information content (AvgIpc) is 3.07. The van der Waals surface area contributed by atoms with Crippen molar-refractivity contribution >= 4 is 29.0 Å². The van der Waals surface area contributed by atoms with Crippen molar-refractivity contribution in [2.24, 2.45) is 5.41 Å². The molecule has 1 atom stereocenters. The van der Waals surface area contributed by atoms with Crippen LogP contribution in [0.1, 0.15) is 25.7 Å². The van der Waals surface area contributed by atoms with Crippen molar-refractivity contribution in [1.29, 1.82) is 0 Å². The van der Waals surface area contributed by atoms with Gasteiger partial charge in [0.25, 0.3) is 0 Å². The topological polar surface area (TPSA) is 49.2 Å². The molecule has 0 radical (unpaired) electrons. The fourth-order valence-corrected chi connectivity index (χ4v) is 3.17. The van der Waals surface area contributed by atoms with Crippen molar-refractivity contribution in [1.82, 2.24) is 9.97 Å². The molecule has 4 nitrogen and oxygen atoms in total. The summed E-state index contributed by atoms with van der Waals surface area (Å²) in [6.07, 6.45) is 4.74. The molecule has 3 rings (SSSR count). The summed E-state index contributed by atoms with van der Waals surface area (Å²) < 4.78 is 0. The van der Waals surface area contributed by atoms with Crippen molar-refractivity contribution < 1.29 is 5.11 Å². The highest BCUT2D eigenvalue weighted by molar-refractivity contribution is 6.32. The standard InChI is InChI=1S/C12H15Cl2N3O/c13-9-5-10(16-11(14)15-9)17-7-12(3-4-12)2-1-8(17)6-18/h5,8,18H,1-4,6-7H2. The van der Waals surface area contributed by atoms with Crippen LogP contribution < -0.4 is 4.90 Å². The van der Waals surface area contributed by atoms with E-state index in [1.54, 1.807) is 6.07 Å². The van der Waals surface area contributed by atoms with E-state index in [0.717, 1.165) is 18.8 Å². The molecule has 2 aliphatic rings. The lowest BCUT2D eigenvalue weighted by Gasteiger charge is -2.40. The van der Waals surface area contributed by atoms with Crippen molar-refractivity contribution in [3.63, 3.8) is 0 Å². The van der Waals surface area contributed by atoms with Gasteiger partial charge in [-0.25, -0.2) is 9.97 Å². The van der Waals surface area contributed by atoms with Crippen LogP contribution in [0, 0.1) is 5.41 Å². The highest BCUT2D eigenvalue weighted by Crippen LogP contribution is 2.53. The lowest BCUT2D eigenvalue weighted by Crippen LogP contribution is -2.46. The molecule has 0 amide bonds. The number of aliphatic hydroxyl groups is 1. The largest absolute Gasteiger partial charge is 0.394 e. The van der Waals surface area contributed by atoms with Gasteiger partial charge in [0.1, 0.15) is 11.0 Å². The van der Waals surface area contributed by atoms with Crippen molar-refractivity contribution in [3.05, 3.63) is 16.5 Å². The third-order valence-corrected chi connectivity index (χ3v) is 4.43. The first-order valence-electron chi connectivity index (χ1n) is 6.19. The quantitative estimate of drug-likeness (QED) is 0.671. The second-order valence-electron chi connectivity index (χ2n) is 5.32. The molecule has 0 bridgehead atoms. The SMILES string of the molecule is OCC1CCC2(CC2)CN1c1cc(Cl)nc(Cl)n1. The number of halogens is 2. The highest BCUT2D eigenvalue weighted by Gasteiger charge is 2.48. The molecule has 1 aromatic rings. The molecule has 98 valence electrons. The second kappa shape index (κ2) is 4.51. The number of piperidine rings is 1. The van der Waals surface area contributed by atoms with E-state index in [1.807, 2.05) is 0 Å². The molecule has 18 heavy (non-hydrogen) atoms. The first kappa shape index (κ1) is 12.5. The Balaban J connectivity index is 1.90. The number of hydrogen-bond donors (Lipinski definition) is 1. The van der Waals surface area contributed by atoms with E-state index in [2.05, 4.69) is 14.9 Å². The molecule has 1 aliphatic heterocycles. The number of hydrogen-bond acceptors (Lipinski definition) is 4. The van der Waals surface area contributed by atoms with E-state index in [1.165, 1.54) is 19.3 Å². The highest BCUT2D eigenvalue weighted by atomic mass is 35.5. The van der Waals surface area contributed by atoms with E-state index in [4.69, 9.17) is 23.2 Å². The van der Waals surface area contributed by atoms with Gasteiger partial charge in [0.05, 0.1) is 12.6 Å². The Bertz CT molecular complexity index is 444. The molecule has 1 N–H and O–H groups in total. The molecule has 2 fully saturated rings. The maximum Gasteiger partial charge on any atom is 0.225 e. The van der Waals surface area contributed by atoms with E-state index < -0.39 is 0 Å². The van der Waals surface area contributed by atoms with E-state index >= 15 is 0 Å². The predicted octanol–water partition coefficient (Wildman–Crippen LogP) is 2.52. The first-order valence-corrected chi connectivity index (χ1v) is 6.95. The van der Waals surface area contributed by atoms with Crippen LogP contribution in [0.2, 0.25) is 10.4 Å². The Kier molecular flexibility index (Phi) is 3.12. The minimum atomic E-state index is 0.109. The van der Waals surface area contributed by atoms with Gasteiger partial charge in [-0.15, -0.1) is 0 Å². The normalized spacial score (nSPS) is 25.5. The summed E-state index contributed by atoms with van der Waals surface area (Å²) in [5, 5.41) is 10.0. The zero-order valence-electron chi connectivity index (χ0n) is 9.94. The Hall–Kier alpha value is -0.580. The summed E-state index contributed by atoms with van der Waals surface area (Å²) in [6, 6.07) is 1.83. The van der Waals surface area contributed by atoms with Crippen LogP contribution in [-0.2, 0) is 0 Å². The van der Waals surface area contributed by atoms with Gasteiger partial charge in [0.15, 0.2) is 0 Å². The fraction of sp³-hybridized carbons (Fsp3) is 0.667. The summed E-state index contributed by atoms with van der Waals surface area (Å²) >= 11 is 11.8. The molecule has 1 saturated heterocycles. The summed E-state index contributed by atoms with van der Waals surface area (Å²) in [7, 11) is 0. The molecule has 6 heteroatoms. The minimum Gasteiger partial charge on any atom is -0.394 e. The zero-order chi connectivity index (χ0) is 12.8. The maximum absolute atomic E-state index is 9.50. The van der Waals surface area contributed by atoms with Crippen molar-refractivity contribution in [2.45, 2.75) is 31.7 Å². The number of aromatic nitrogens is 2. The van der Waals surface area contributed by atoms with Crippen LogP contribution in [0.25, 0.3) is 0 Å². The lowest BCUT2D eigenvalue weighted by atomic mass is 9.90. The minimum absolute atomic E-state index is 0.109. The summed E-state index contributed by atoms with van der Waals surface area (Å²) in [6.45, 7) is 1.07. The molecule has 1 aromatic heterocycles. The lowest BCUT2D eigenvalue weighted by molar-refractivity contribution is 0.216. The van der Waals surface area contributed by atoms with Crippen LogP contribution in [-0.4, -0.2) is 34.3 Å². The zero-order valence-corrected chi connectivity index (χ0v) is 11.5. The molecule has 1 spiro atoms. The van der Waals surface area contributed by atoms with Gasteiger partial charge in [-0.2, -0.15) is 0 Å². The monoisotopic (exact) mass is 287 g/mol. The summed E-state index contributed by atoms with van der Waals surface area (Å²) in [5.41, 5.74) is 0.440. The predicted molar refractivity (Wildman–Crippen MR) is 71.2 cm³/mol. The van der Waals surface area contributed by atoms with Crippen LogP contribution in [0.4, 0.5) is 5.82 Å².